The fourth-order valence-electron chi connectivity index (χ4n) is 1.95. The van der Waals surface area contributed by atoms with Gasteiger partial charge in [-0.3, -0.25) is 9.97 Å². The first-order valence-corrected chi connectivity index (χ1v) is 6.29. The highest BCUT2D eigenvalue weighted by molar-refractivity contribution is 5.06. The molecule has 2 aromatic heterocycles. The second-order valence-electron chi connectivity index (χ2n) is 4.64. The van der Waals surface area contributed by atoms with Crippen molar-refractivity contribution in [3.63, 3.8) is 0 Å². The molecule has 94 valence electrons. The maximum atomic E-state index is 4.34. The van der Waals surface area contributed by atoms with Crippen LogP contribution in [0.1, 0.15) is 49.9 Å². The van der Waals surface area contributed by atoms with Gasteiger partial charge in [0.2, 0.25) is 0 Å². The van der Waals surface area contributed by atoms with Crippen LogP contribution in [0.4, 0.5) is 0 Å². The molecule has 0 fully saturated rings. The van der Waals surface area contributed by atoms with Crippen LogP contribution in [0.3, 0.4) is 0 Å². The molecule has 0 aliphatic heterocycles. The van der Waals surface area contributed by atoms with Crippen LogP contribution in [0.25, 0.3) is 0 Å². The molecule has 0 saturated heterocycles. The lowest BCUT2D eigenvalue weighted by Crippen LogP contribution is -2.02. The van der Waals surface area contributed by atoms with Gasteiger partial charge < -0.3 is 0 Å². The van der Waals surface area contributed by atoms with E-state index in [9.17, 15) is 0 Å². The Labute approximate surface area is 108 Å². The van der Waals surface area contributed by atoms with Gasteiger partial charge in [-0.1, -0.05) is 13.8 Å². The van der Waals surface area contributed by atoms with E-state index in [2.05, 4.69) is 33.8 Å². The first-order valence-electron chi connectivity index (χ1n) is 6.29. The summed E-state index contributed by atoms with van der Waals surface area (Å²) in [7, 11) is 0. The number of rotatable bonds is 5. The Balaban J connectivity index is 1.89. The van der Waals surface area contributed by atoms with Crippen molar-refractivity contribution in [3.8, 4) is 0 Å². The lowest BCUT2D eigenvalue weighted by molar-refractivity contribution is 0.555. The average Bonchev–Trinajstić information content (AvgIpc) is 2.46. The molecule has 0 amide bonds. The molecule has 2 atom stereocenters. The van der Waals surface area contributed by atoms with Crippen molar-refractivity contribution in [1.29, 1.82) is 0 Å². The summed E-state index contributed by atoms with van der Waals surface area (Å²) in [4.78, 5) is 16.7. The van der Waals surface area contributed by atoms with Crippen LogP contribution in [0.5, 0.6) is 0 Å². The topological polar surface area (TPSA) is 51.6 Å². The van der Waals surface area contributed by atoms with Gasteiger partial charge in [0.05, 0.1) is 5.69 Å². The molecule has 0 bridgehead atoms. The summed E-state index contributed by atoms with van der Waals surface area (Å²) in [5.74, 6) is 0.884. The molecule has 0 aliphatic carbocycles. The number of hydrogen-bond acceptors (Lipinski definition) is 4. The van der Waals surface area contributed by atoms with Gasteiger partial charge in [-0.05, 0) is 30.7 Å². The van der Waals surface area contributed by atoms with E-state index in [1.807, 2.05) is 12.3 Å². The zero-order valence-corrected chi connectivity index (χ0v) is 10.8. The van der Waals surface area contributed by atoms with Crippen molar-refractivity contribution in [3.05, 3.63) is 48.6 Å². The molecule has 4 nitrogen and oxygen atoms in total. The predicted octanol–water partition coefficient (Wildman–Crippen LogP) is 2.95. The fraction of sp³-hybridized carbons (Fsp3) is 0.429. The van der Waals surface area contributed by atoms with Gasteiger partial charge in [0.1, 0.15) is 6.33 Å². The SMILES string of the molecule is CC(CCC(C)c1cnccn1)c1ccncn1. The van der Waals surface area contributed by atoms with Crippen LogP contribution < -0.4 is 0 Å². The largest absolute Gasteiger partial charge is 0.261 e. The summed E-state index contributed by atoms with van der Waals surface area (Å²) in [6.07, 6.45) is 10.9. The van der Waals surface area contributed by atoms with Crippen molar-refractivity contribution in [2.45, 2.75) is 38.5 Å². The molecule has 0 N–H and O–H groups in total. The highest BCUT2D eigenvalue weighted by Gasteiger charge is 2.11. The van der Waals surface area contributed by atoms with E-state index < -0.39 is 0 Å². The lowest BCUT2D eigenvalue weighted by Gasteiger charge is -2.14. The number of nitrogens with zero attached hydrogens (tertiary/aromatic N) is 4. The first-order chi connectivity index (χ1) is 8.77. The van der Waals surface area contributed by atoms with Gasteiger partial charge >= 0.3 is 0 Å². The Kier molecular flexibility index (Phi) is 4.34. The zero-order chi connectivity index (χ0) is 12.8. The van der Waals surface area contributed by atoms with Crippen LogP contribution in [-0.4, -0.2) is 19.9 Å². The van der Waals surface area contributed by atoms with Gasteiger partial charge in [0.15, 0.2) is 0 Å². The third-order valence-corrected chi connectivity index (χ3v) is 3.23. The molecule has 4 heteroatoms. The maximum Gasteiger partial charge on any atom is 0.115 e. The predicted molar refractivity (Wildman–Crippen MR) is 70.1 cm³/mol. The van der Waals surface area contributed by atoms with E-state index in [1.54, 1.807) is 24.9 Å². The normalized spacial score (nSPS) is 14.1. The highest BCUT2D eigenvalue weighted by atomic mass is 14.8. The molecule has 2 rings (SSSR count). The Bertz CT molecular complexity index is 412. The van der Waals surface area contributed by atoms with Gasteiger partial charge in [-0.25, -0.2) is 9.97 Å². The van der Waals surface area contributed by atoms with Crippen LogP contribution >= 0.6 is 0 Å². The molecule has 0 spiro atoms. The summed E-state index contributed by atoms with van der Waals surface area (Å²) in [5, 5.41) is 0. The third-order valence-electron chi connectivity index (χ3n) is 3.23. The molecule has 0 saturated carbocycles. The molecule has 2 unspecified atom stereocenters. The standard InChI is InChI=1S/C14H18N4/c1-11(13-5-6-16-10-18-13)3-4-12(2)14-9-15-7-8-17-14/h5-12H,3-4H2,1-2H3. The molecule has 0 aromatic carbocycles. The van der Waals surface area contributed by atoms with E-state index in [4.69, 9.17) is 0 Å². The summed E-state index contributed by atoms with van der Waals surface area (Å²) in [6, 6.07) is 1.98. The molecule has 0 radical (unpaired) electrons. The maximum absolute atomic E-state index is 4.34. The minimum absolute atomic E-state index is 0.433. The van der Waals surface area contributed by atoms with Crippen LogP contribution in [0, 0.1) is 0 Å². The van der Waals surface area contributed by atoms with Crippen molar-refractivity contribution in [2.75, 3.05) is 0 Å². The van der Waals surface area contributed by atoms with E-state index in [0.29, 0.717) is 11.8 Å². The molecule has 2 heterocycles. The molecule has 0 aliphatic rings. The minimum atomic E-state index is 0.433. The fourth-order valence-corrected chi connectivity index (χ4v) is 1.95. The van der Waals surface area contributed by atoms with E-state index >= 15 is 0 Å². The van der Waals surface area contributed by atoms with Crippen LogP contribution in [0.2, 0.25) is 0 Å². The second-order valence-corrected chi connectivity index (χ2v) is 4.64. The zero-order valence-electron chi connectivity index (χ0n) is 10.8. The highest BCUT2D eigenvalue weighted by Crippen LogP contribution is 2.24. The molecule has 2 aromatic rings. The summed E-state index contributed by atoms with van der Waals surface area (Å²) in [5.41, 5.74) is 2.17. The minimum Gasteiger partial charge on any atom is -0.261 e. The monoisotopic (exact) mass is 242 g/mol. The Hall–Kier alpha value is -1.84. The number of hydrogen-bond donors (Lipinski definition) is 0. The molecular formula is C14H18N4. The first kappa shape index (κ1) is 12.6. The smallest absolute Gasteiger partial charge is 0.115 e. The third kappa shape index (κ3) is 3.32. The van der Waals surface area contributed by atoms with Gasteiger partial charge in [0, 0.05) is 30.5 Å². The molecule has 18 heavy (non-hydrogen) atoms. The Morgan fingerprint density at radius 2 is 1.67 bits per heavy atom. The lowest BCUT2D eigenvalue weighted by atomic mass is 9.94. The summed E-state index contributed by atoms with van der Waals surface area (Å²) >= 11 is 0. The van der Waals surface area contributed by atoms with Crippen molar-refractivity contribution in [2.24, 2.45) is 0 Å². The summed E-state index contributed by atoms with van der Waals surface area (Å²) in [6.45, 7) is 4.39. The summed E-state index contributed by atoms with van der Waals surface area (Å²) < 4.78 is 0. The number of aromatic nitrogens is 4. The quantitative estimate of drug-likeness (QED) is 0.808. The van der Waals surface area contributed by atoms with Crippen molar-refractivity contribution >= 4 is 0 Å². The van der Waals surface area contributed by atoms with Gasteiger partial charge in [-0.15, -0.1) is 0 Å². The van der Waals surface area contributed by atoms with Crippen LogP contribution in [0.15, 0.2) is 37.2 Å². The average molecular weight is 242 g/mol. The van der Waals surface area contributed by atoms with E-state index in [-0.39, 0.29) is 0 Å². The van der Waals surface area contributed by atoms with E-state index in [0.717, 1.165) is 24.2 Å². The van der Waals surface area contributed by atoms with Gasteiger partial charge in [0.25, 0.3) is 0 Å². The Morgan fingerprint density at radius 3 is 2.28 bits per heavy atom. The molecular weight excluding hydrogens is 224 g/mol. The second kappa shape index (κ2) is 6.19. The van der Waals surface area contributed by atoms with Crippen molar-refractivity contribution in [1.82, 2.24) is 19.9 Å². The Morgan fingerprint density at radius 1 is 0.889 bits per heavy atom. The van der Waals surface area contributed by atoms with Crippen LogP contribution in [-0.2, 0) is 0 Å². The van der Waals surface area contributed by atoms with E-state index in [1.165, 1.54) is 0 Å². The van der Waals surface area contributed by atoms with Crippen molar-refractivity contribution < 1.29 is 0 Å². The van der Waals surface area contributed by atoms with Gasteiger partial charge in [-0.2, -0.15) is 0 Å².